The molecule has 0 spiro atoms. The first kappa shape index (κ1) is 16.2. The average Bonchev–Trinajstić information content (AvgIpc) is 3.22. The quantitative estimate of drug-likeness (QED) is 0.763. The summed E-state index contributed by atoms with van der Waals surface area (Å²) in [7, 11) is 0. The minimum Gasteiger partial charge on any atom is -0.480 e. The molecule has 5 heteroatoms. The van der Waals surface area contributed by atoms with Gasteiger partial charge in [0.05, 0.1) is 11.7 Å². The molecule has 1 saturated heterocycles. The number of fused-ring (bicyclic) bond motifs is 1. The van der Waals surface area contributed by atoms with Gasteiger partial charge in [-0.2, -0.15) is 0 Å². The van der Waals surface area contributed by atoms with Crippen LogP contribution in [0.4, 0.5) is 0 Å². The van der Waals surface area contributed by atoms with Gasteiger partial charge in [0.25, 0.3) is 0 Å². The maximum Gasteiger partial charge on any atom is 0.320 e. The van der Waals surface area contributed by atoms with Gasteiger partial charge in [0, 0.05) is 21.8 Å². The molecule has 3 aromatic rings. The number of carboxylic acid groups (broad SMARTS) is 1. The van der Waals surface area contributed by atoms with Crippen molar-refractivity contribution in [1.82, 2.24) is 9.88 Å². The zero-order valence-electron chi connectivity index (χ0n) is 14.1. The molecule has 4 nitrogen and oxygen atoms in total. The lowest BCUT2D eigenvalue weighted by atomic mass is 10.1. The van der Waals surface area contributed by atoms with Crippen molar-refractivity contribution in [3.8, 4) is 0 Å². The first-order chi connectivity index (χ1) is 12.1. The Morgan fingerprint density at radius 1 is 1.28 bits per heavy atom. The van der Waals surface area contributed by atoms with Crippen LogP contribution in [-0.4, -0.2) is 33.5 Å². The van der Waals surface area contributed by atoms with Crippen LogP contribution in [0.1, 0.15) is 35.1 Å². The molecule has 1 aliphatic rings. The number of carbonyl (C=O) groups is 1. The van der Waals surface area contributed by atoms with E-state index in [0.717, 1.165) is 29.2 Å². The third-order valence-corrected chi connectivity index (χ3v) is 5.98. The van der Waals surface area contributed by atoms with Crippen molar-refractivity contribution in [3.05, 3.63) is 64.8 Å². The van der Waals surface area contributed by atoms with Crippen LogP contribution in [0.5, 0.6) is 0 Å². The number of aliphatic carboxylic acids is 1. The fourth-order valence-electron chi connectivity index (χ4n) is 3.70. The second kappa shape index (κ2) is 6.58. The molecule has 0 amide bonds. The van der Waals surface area contributed by atoms with Crippen LogP contribution in [-0.2, 0) is 4.79 Å². The van der Waals surface area contributed by atoms with E-state index in [0.29, 0.717) is 6.42 Å². The summed E-state index contributed by atoms with van der Waals surface area (Å²) in [4.78, 5) is 19.8. The summed E-state index contributed by atoms with van der Waals surface area (Å²) in [6.45, 7) is 2.76. The molecule has 4 rings (SSSR count). The zero-order chi connectivity index (χ0) is 17.4. The van der Waals surface area contributed by atoms with Gasteiger partial charge in [0.1, 0.15) is 6.04 Å². The van der Waals surface area contributed by atoms with Crippen LogP contribution in [0.15, 0.2) is 48.5 Å². The van der Waals surface area contributed by atoms with Gasteiger partial charge in [-0.05, 0) is 49.4 Å². The smallest absolute Gasteiger partial charge is 0.320 e. The highest BCUT2D eigenvalue weighted by atomic mass is 32.1. The number of carboxylic acids is 1. The predicted molar refractivity (Wildman–Crippen MR) is 100 cm³/mol. The Kier molecular flexibility index (Phi) is 4.27. The summed E-state index contributed by atoms with van der Waals surface area (Å²) < 4.78 is 1.22. The number of nitrogens with zero attached hydrogens (tertiary/aromatic N) is 2. The van der Waals surface area contributed by atoms with Crippen LogP contribution >= 0.6 is 11.3 Å². The van der Waals surface area contributed by atoms with Gasteiger partial charge < -0.3 is 5.11 Å². The summed E-state index contributed by atoms with van der Waals surface area (Å²) in [6, 6.07) is 15.9. The van der Waals surface area contributed by atoms with Crippen LogP contribution in [0, 0.1) is 6.92 Å². The highest BCUT2D eigenvalue weighted by Gasteiger charge is 2.38. The lowest BCUT2D eigenvalue weighted by Gasteiger charge is -2.30. The third-order valence-electron chi connectivity index (χ3n) is 4.82. The topological polar surface area (TPSA) is 53.4 Å². The van der Waals surface area contributed by atoms with E-state index >= 15 is 0 Å². The van der Waals surface area contributed by atoms with Crippen molar-refractivity contribution in [1.29, 1.82) is 0 Å². The fourth-order valence-corrected chi connectivity index (χ4v) is 4.89. The number of rotatable bonds is 4. The largest absolute Gasteiger partial charge is 0.480 e. The van der Waals surface area contributed by atoms with Gasteiger partial charge in [-0.25, -0.2) is 0 Å². The van der Waals surface area contributed by atoms with Crippen molar-refractivity contribution in [2.75, 3.05) is 6.54 Å². The van der Waals surface area contributed by atoms with E-state index in [4.69, 9.17) is 4.98 Å². The van der Waals surface area contributed by atoms with Crippen molar-refractivity contribution < 1.29 is 9.90 Å². The SMILES string of the molecule is Cc1cccc(C(c2cc3ccccc3s2)N2CCCC2C(=O)O)n1. The molecule has 0 radical (unpaired) electrons. The monoisotopic (exact) mass is 352 g/mol. The van der Waals surface area contributed by atoms with E-state index < -0.39 is 12.0 Å². The summed E-state index contributed by atoms with van der Waals surface area (Å²) in [5.41, 5.74) is 1.88. The number of aromatic nitrogens is 1. The number of thiophene rings is 1. The van der Waals surface area contributed by atoms with Crippen LogP contribution in [0.25, 0.3) is 10.1 Å². The first-order valence-electron chi connectivity index (χ1n) is 8.54. The predicted octanol–water partition coefficient (Wildman–Crippen LogP) is 4.24. The molecule has 2 unspecified atom stereocenters. The molecule has 1 aromatic carbocycles. The molecular formula is C20H20N2O2S. The summed E-state index contributed by atoms with van der Waals surface area (Å²) in [6.07, 6.45) is 1.60. The number of likely N-dealkylation sites (tertiary alicyclic amines) is 1. The van der Waals surface area contributed by atoms with E-state index in [2.05, 4.69) is 23.1 Å². The number of hydrogen-bond donors (Lipinski definition) is 1. The highest BCUT2D eigenvalue weighted by molar-refractivity contribution is 7.19. The molecule has 25 heavy (non-hydrogen) atoms. The molecule has 2 atom stereocenters. The van der Waals surface area contributed by atoms with E-state index in [-0.39, 0.29) is 6.04 Å². The van der Waals surface area contributed by atoms with E-state index in [9.17, 15) is 9.90 Å². The lowest BCUT2D eigenvalue weighted by Crippen LogP contribution is -2.39. The maximum absolute atomic E-state index is 11.8. The Bertz CT molecular complexity index is 888. The second-order valence-corrected chi connectivity index (χ2v) is 7.64. The van der Waals surface area contributed by atoms with Crippen LogP contribution in [0.3, 0.4) is 0 Å². The number of pyridine rings is 1. The standard InChI is InChI=1S/C20H20N2O2S/c1-13-6-4-8-15(21-13)19(22-11-5-9-16(22)20(23)24)18-12-14-7-2-3-10-17(14)25-18/h2-4,6-8,10,12,16,19H,5,9,11H2,1H3,(H,23,24). The minimum absolute atomic E-state index is 0.110. The Hall–Kier alpha value is -2.24. The molecule has 0 bridgehead atoms. The molecule has 3 heterocycles. The van der Waals surface area contributed by atoms with E-state index in [1.807, 2.05) is 37.3 Å². The normalized spacial score (nSPS) is 19.3. The molecule has 1 fully saturated rings. The summed E-state index contributed by atoms with van der Waals surface area (Å²) in [5, 5.41) is 10.9. The molecule has 128 valence electrons. The van der Waals surface area contributed by atoms with Crippen LogP contribution < -0.4 is 0 Å². The number of benzene rings is 1. The Labute approximate surface area is 150 Å². The zero-order valence-corrected chi connectivity index (χ0v) is 14.9. The Balaban J connectivity index is 1.84. The first-order valence-corrected chi connectivity index (χ1v) is 9.36. The molecule has 1 N–H and O–H groups in total. The molecular weight excluding hydrogens is 332 g/mol. The van der Waals surface area contributed by atoms with E-state index in [1.54, 1.807) is 11.3 Å². The maximum atomic E-state index is 11.8. The summed E-state index contributed by atoms with van der Waals surface area (Å²) in [5.74, 6) is -0.740. The van der Waals surface area contributed by atoms with Crippen molar-refractivity contribution in [3.63, 3.8) is 0 Å². The Morgan fingerprint density at radius 3 is 2.88 bits per heavy atom. The molecule has 0 aliphatic carbocycles. The van der Waals surface area contributed by atoms with Gasteiger partial charge in [0.15, 0.2) is 0 Å². The van der Waals surface area contributed by atoms with E-state index in [1.165, 1.54) is 10.1 Å². The van der Waals surface area contributed by atoms with Gasteiger partial charge in [-0.15, -0.1) is 11.3 Å². The lowest BCUT2D eigenvalue weighted by molar-refractivity contribution is -0.142. The van der Waals surface area contributed by atoms with Gasteiger partial charge >= 0.3 is 5.97 Å². The van der Waals surface area contributed by atoms with Gasteiger partial charge in [-0.1, -0.05) is 24.3 Å². The Morgan fingerprint density at radius 2 is 2.12 bits per heavy atom. The minimum atomic E-state index is -0.740. The molecule has 1 aliphatic heterocycles. The highest BCUT2D eigenvalue weighted by Crippen LogP contribution is 2.39. The molecule has 2 aromatic heterocycles. The van der Waals surface area contributed by atoms with Crippen molar-refractivity contribution >= 4 is 27.4 Å². The third kappa shape index (κ3) is 3.05. The summed E-state index contributed by atoms with van der Waals surface area (Å²) >= 11 is 1.73. The van der Waals surface area contributed by atoms with Gasteiger partial charge in [0.2, 0.25) is 0 Å². The van der Waals surface area contributed by atoms with Crippen molar-refractivity contribution in [2.24, 2.45) is 0 Å². The fraction of sp³-hybridized carbons (Fsp3) is 0.300. The second-order valence-electron chi connectivity index (χ2n) is 6.53. The molecule has 0 saturated carbocycles. The van der Waals surface area contributed by atoms with Gasteiger partial charge in [-0.3, -0.25) is 14.7 Å². The van der Waals surface area contributed by atoms with Crippen LogP contribution in [0.2, 0.25) is 0 Å². The average molecular weight is 352 g/mol. The number of hydrogen-bond acceptors (Lipinski definition) is 4. The number of aryl methyl sites for hydroxylation is 1. The van der Waals surface area contributed by atoms with Crippen molar-refractivity contribution in [2.45, 2.75) is 31.8 Å².